The molecule has 3 nitrogen and oxygen atoms in total. The summed E-state index contributed by atoms with van der Waals surface area (Å²) in [4.78, 5) is 4.07. The zero-order valence-corrected chi connectivity index (χ0v) is 8.44. The number of halogens is 1. The first kappa shape index (κ1) is 9.86. The molecule has 0 unspecified atom stereocenters. The Hall–Kier alpha value is -1.68. The van der Waals surface area contributed by atoms with E-state index in [1.54, 1.807) is 24.7 Å². The van der Waals surface area contributed by atoms with Crippen molar-refractivity contribution in [1.82, 2.24) is 14.9 Å². The molecular formula is C11H12FN3. The summed E-state index contributed by atoms with van der Waals surface area (Å²) >= 11 is 0. The molecule has 0 atom stereocenters. The topological polar surface area (TPSA) is 29.9 Å². The molecule has 0 saturated carbocycles. The monoisotopic (exact) mass is 205 g/mol. The second-order valence-corrected chi connectivity index (χ2v) is 3.26. The lowest BCUT2D eigenvalue weighted by Gasteiger charge is -2.07. The number of nitrogens with one attached hydrogen (secondary N) is 1. The lowest BCUT2D eigenvalue weighted by atomic mass is 10.3. The fraction of sp³-hybridized carbons (Fsp3) is 0.182. The van der Waals surface area contributed by atoms with E-state index in [-0.39, 0.29) is 5.82 Å². The van der Waals surface area contributed by atoms with E-state index in [2.05, 4.69) is 10.3 Å². The maximum atomic E-state index is 12.7. The highest BCUT2D eigenvalue weighted by Crippen LogP contribution is 2.11. The summed E-state index contributed by atoms with van der Waals surface area (Å²) in [6.45, 7) is 0.734. The number of nitrogens with zero attached hydrogens (tertiary/aromatic N) is 2. The molecule has 4 heteroatoms. The van der Waals surface area contributed by atoms with Crippen LogP contribution in [0.3, 0.4) is 0 Å². The summed E-state index contributed by atoms with van der Waals surface area (Å²) in [6, 6.07) is 6.35. The van der Waals surface area contributed by atoms with E-state index in [0.717, 1.165) is 17.9 Å². The molecule has 0 aliphatic heterocycles. The quantitative estimate of drug-likeness (QED) is 0.827. The summed E-state index contributed by atoms with van der Waals surface area (Å²) in [6.07, 6.45) is 3.51. The zero-order chi connectivity index (χ0) is 10.7. The van der Waals surface area contributed by atoms with Gasteiger partial charge in [-0.2, -0.15) is 0 Å². The van der Waals surface area contributed by atoms with E-state index >= 15 is 0 Å². The SMILES string of the molecule is CNCc1cncn1-c1ccc(F)cc1. The molecule has 0 spiro atoms. The molecule has 0 aliphatic carbocycles. The molecule has 1 aromatic carbocycles. The summed E-state index contributed by atoms with van der Waals surface area (Å²) in [5.74, 6) is -0.228. The summed E-state index contributed by atoms with van der Waals surface area (Å²) < 4.78 is 14.7. The van der Waals surface area contributed by atoms with Gasteiger partial charge in [0.05, 0.1) is 12.0 Å². The van der Waals surface area contributed by atoms with Gasteiger partial charge in [0.25, 0.3) is 0 Å². The number of benzene rings is 1. The van der Waals surface area contributed by atoms with E-state index in [0.29, 0.717) is 0 Å². The van der Waals surface area contributed by atoms with Gasteiger partial charge in [0.1, 0.15) is 5.82 Å². The van der Waals surface area contributed by atoms with Crippen LogP contribution in [0.25, 0.3) is 5.69 Å². The Kier molecular flexibility index (Phi) is 2.78. The zero-order valence-electron chi connectivity index (χ0n) is 8.44. The maximum Gasteiger partial charge on any atom is 0.123 e. The first-order valence-corrected chi connectivity index (χ1v) is 4.73. The Morgan fingerprint density at radius 1 is 1.33 bits per heavy atom. The second-order valence-electron chi connectivity index (χ2n) is 3.26. The molecule has 1 aromatic heterocycles. The molecule has 1 heterocycles. The Morgan fingerprint density at radius 2 is 2.07 bits per heavy atom. The van der Waals surface area contributed by atoms with Gasteiger partial charge in [0.2, 0.25) is 0 Å². The summed E-state index contributed by atoms with van der Waals surface area (Å²) in [7, 11) is 1.88. The number of hydrogen-bond acceptors (Lipinski definition) is 2. The van der Waals surface area contributed by atoms with Crippen LogP contribution in [0.4, 0.5) is 4.39 Å². The van der Waals surface area contributed by atoms with Gasteiger partial charge in [-0.1, -0.05) is 0 Å². The number of aromatic nitrogens is 2. The highest BCUT2D eigenvalue weighted by molar-refractivity contribution is 5.33. The number of hydrogen-bond donors (Lipinski definition) is 1. The molecule has 15 heavy (non-hydrogen) atoms. The third-order valence-corrected chi connectivity index (χ3v) is 2.18. The number of rotatable bonds is 3. The van der Waals surface area contributed by atoms with E-state index in [1.165, 1.54) is 12.1 Å². The van der Waals surface area contributed by atoms with Gasteiger partial charge in [-0.3, -0.25) is 0 Å². The van der Waals surface area contributed by atoms with Crippen LogP contribution in [-0.4, -0.2) is 16.6 Å². The highest BCUT2D eigenvalue weighted by Gasteiger charge is 2.02. The minimum atomic E-state index is -0.228. The minimum absolute atomic E-state index is 0.228. The largest absolute Gasteiger partial charge is 0.314 e. The van der Waals surface area contributed by atoms with Crippen molar-refractivity contribution in [1.29, 1.82) is 0 Å². The van der Waals surface area contributed by atoms with Gasteiger partial charge in [-0.05, 0) is 31.3 Å². The fourth-order valence-corrected chi connectivity index (χ4v) is 1.47. The molecular weight excluding hydrogens is 193 g/mol. The smallest absolute Gasteiger partial charge is 0.123 e. The molecule has 2 rings (SSSR count). The molecule has 1 N–H and O–H groups in total. The van der Waals surface area contributed by atoms with Gasteiger partial charge >= 0.3 is 0 Å². The lowest BCUT2D eigenvalue weighted by molar-refractivity contribution is 0.627. The molecule has 0 bridgehead atoms. The fourth-order valence-electron chi connectivity index (χ4n) is 1.47. The average Bonchev–Trinajstić information content (AvgIpc) is 2.68. The van der Waals surface area contributed by atoms with Crippen molar-refractivity contribution in [2.45, 2.75) is 6.54 Å². The molecule has 78 valence electrons. The van der Waals surface area contributed by atoms with Gasteiger partial charge in [0, 0.05) is 18.4 Å². The third kappa shape index (κ3) is 2.05. The van der Waals surface area contributed by atoms with Gasteiger partial charge in [-0.25, -0.2) is 9.37 Å². The van der Waals surface area contributed by atoms with E-state index < -0.39 is 0 Å². The van der Waals surface area contributed by atoms with Crippen molar-refractivity contribution in [2.75, 3.05) is 7.05 Å². The van der Waals surface area contributed by atoms with Crippen LogP contribution >= 0.6 is 0 Å². The second kappa shape index (κ2) is 4.23. The van der Waals surface area contributed by atoms with Crippen molar-refractivity contribution in [2.24, 2.45) is 0 Å². The van der Waals surface area contributed by atoms with E-state index in [4.69, 9.17) is 0 Å². The molecule has 0 aliphatic rings. The van der Waals surface area contributed by atoms with Crippen LogP contribution in [0.2, 0.25) is 0 Å². The molecule has 0 saturated heterocycles. The van der Waals surface area contributed by atoms with Gasteiger partial charge in [0.15, 0.2) is 0 Å². The lowest BCUT2D eigenvalue weighted by Crippen LogP contribution is -2.09. The molecule has 0 radical (unpaired) electrons. The standard InChI is InChI=1S/C11H12FN3/c1-13-6-11-7-14-8-15(11)10-4-2-9(12)3-5-10/h2-5,7-8,13H,6H2,1H3. The minimum Gasteiger partial charge on any atom is -0.314 e. The van der Waals surface area contributed by atoms with Crippen molar-refractivity contribution in [3.8, 4) is 5.69 Å². The highest BCUT2D eigenvalue weighted by atomic mass is 19.1. The first-order chi connectivity index (χ1) is 7.31. The van der Waals surface area contributed by atoms with Crippen LogP contribution in [0.15, 0.2) is 36.8 Å². The summed E-state index contributed by atoms with van der Waals surface area (Å²) in [5.41, 5.74) is 1.96. The van der Waals surface area contributed by atoms with Gasteiger partial charge in [-0.15, -0.1) is 0 Å². The van der Waals surface area contributed by atoms with Crippen molar-refractivity contribution in [3.05, 3.63) is 48.3 Å². The molecule has 0 amide bonds. The summed E-state index contributed by atoms with van der Waals surface area (Å²) in [5, 5.41) is 3.06. The molecule has 0 fully saturated rings. The van der Waals surface area contributed by atoms with Crippen LogP contribution in [0.1, 0.15) is 5.69 Å². The third-order valence-electron chi connectivity index (χ3n) is 2.18. The maximum absolute atomic E-state index is 12.7. The number of imidazole rings is 1. The first-order valence-electron chi connectivity index (χ1n) is 4.73. The molecule has 2 aromatic rings. The Balaban J connectivity index is 2.36. The van der Waals surface area contributed by atoms with Crippen molar-refractivity contribution in [3.63, 3.8) is 0 Å². The Bertz CT molecular complexity index is 433. The van der Waals surface area contributed by atoms with Crippen LogP contribution in [-0.2, 0) is 6.54 Å². The van der Waals surface area contributed by atoms with E-state index in [9.17, 15) is 4.39 Å². The van der Waals surface area contributed by atoms with Crippen molar-refractivity contribution < 1.29 is 4.39 Å². The van der Waals surface area contributed by atoms with E-state index in [1.807, 2.05) is 11.6 Å². The van der Waals surface area contributed by atoms with Crippen LogP contribution in [0, 0.1) is 5.82 Å². The van der Waals surface area contributed by atoms with Crippen LogP contribution < -0.4 is 5.32 Å². The Morgan fingerprint density at radius 3 is 2.73 bits per heavy atom. The van der Waals surface area contributed by atoms with Crippen LogP contribution in [0.5, 0.6) is 0 Å². The predicted molar refractivity (Wildman–Crippen MR) is 56.3 cm³/mol. The van der Waals surface area contributed by atoms with Gasteiger partial charge < -0.3 is 9.88 Å². The Labute approximate surface area is 87.6 Å². The normalized spacial score (nSPS) is 10.5. The predicted octanol–water partition coefficient (Wildman–Crippen LogP) is 1.73. The average molecular weight is 205 g/mol. The van der Waals surface area contributed by atoms with Crippen molar-refractivity contribution >= 4 is 0 Å².